The van der Waals surface area contributed by atoms with Crippen molar-refractivity contribution in [3.63, 3.8) is 0 Å². The van der Waals surface area contributed by atoms with Gasteiger partial charge in [0.15, 0.2) is 0 Å². The summed E-state index contributed by atoms with van der Waals surface area (Å²) < 4.78 is 5.67. The van der Waals surface area contributed by atoms with E-state index in [4.69, 9.17) is 4.74 Å². The molecule has 22 heavy (non-hydrogen) atoms. The van der Waals surface area contributed by atoms with E-state index in [0.717, 1.165) is 11.8 Å². The first-order chi connectivity index (χ1) is 10.5. The average molecular weight is 307 g/mol. The summed E-state index contributed by atoms with van der Waals surface area (Å²) in [4.78, 5) is 15.3. The summed E-state index contributed by atoms with van der Waals surface area (Å²) in [6.45, 7) is 6.32. The van der Waals surface area contributed by atoms with Gasteiger partial charge in [-0.25, -0.2) is 0 Å². The summed E-state index contributed by atoms with van der Waals surface area (Å²) in [5, 5.41) is 0. The van der Waals surface area contributed by atoms with Gasteiger partial charge in [-0.1, -0.05) is 19.8 Å². The molecule has 3 heteroatoms. The molecule has 0 spiro atoms. The maximum absolute atomic E-state index is 12.8. The van der Waals surface area contributed by atoms with E-state index in [9.17, 15) is 4.79 Å². The molecule has 0 aromatic heterocycles. The van der Waals surface area contributed by atoms with Crippen LogP contribution in [-0.4, -0.2) is 36.1 Å². The van der Waals surface area contributed by atoms with Gasteiger partial charge in [0.05, 0.1) is 12.0 Å². The summed E-state index contributed by atoms with van der Waals surface area (Å²) in [6.07, 6.45) is 9.00. The Hall–Kier alpha value is -0.570. The van der Waals surface area contributed by atoms with Crippen LogP contribution in [0.25, 0.3) is 0 Å². The number of fused-ring (bicyclic) bond motifs is 2. The molecule has 2 heterocycles. The first kappa shape index (κ1) is 16.3. The molecule has 0 aromatic carbocycles. The van der Waals surface area contributed by atoms with Crippen molar-refractivity contribution in [3.8, 4) is 0 Å². The van der Waals surface area contributed by atoms with Crippen LogP contribution in [0.2, 0.25) is 0 Å². The highest BCUT2D eigenvalue weighted by molar-refractivity contribution is 5.74. The van der Waals surface area contributed by atoms with E-state index < -0.39 is 0 Å². The smallest absolute Gasteiger partial charge is 0.311 e. The van der Waals surface area contributed by atoms with Gasteiger partial charge in [-0.2, -0.15) is 0 Å². The lowest BCUT2D eigenvalue weighted by molar-refractivity contribution is -0.161. The Balaban J connectivity index is 1.78. The molecule has 0 radical (unpaired) electrons. The highest BCUT2D eigenvalue weighted by atomic mass is 16.5. The Labute approximate surface area is 135 Å². The fraction of sp³-hybridized carbons (Fsp3) is 0.947. The molecule has 2 saturated heterocycles. The highest BCUT2D eigenvalue weighted by Crippen LogP contribution is 2.48. The monoisotopic (exact) mass is 307 g/mol. The fourth-order valence-electron chi connectivity index (χ4n) is 5.35. The Kier molecular flexibility index (Phi) is 4.82. The van der Waals surface area contributed by atoms with Crippen molar-refractivity contribution in [2.75, 3.05) is 7.05 Å². The average Bonchev–Trinajstić information content (AvgIpc) is 2.71. The topological polar surface area (TPSA) is 29.5 Å². The van der Waals surface area contributed by atoms with Crippen LogP contribution in [0.15, 0.2) is 0 Å². The predicted molar refractivity (Wildman–Crippen MR) is 88.5 cm³/mol. The van der Waals surface area contributed by atoms with Crippen LogP contribution in [0.4, 0.5) is 0 Å². The van der Waals surface area contributed by atoms with Gasteiger partial charge in [-0.3, -0.25) is 9.69 Å². The lowest BCUT2D eigenvalue weighted by atomic mass is 9.67. The minimum absolute atomic E-state index is 0.00367. The van der Waals surface area contributed by atoms with Crippen molar-refractivity contribution < 1.29 is 9.53 Å². The van der Waals surface area contributed by atoms with Gasteiger partial charge in [0.1, 0.15) is 0 Å². The number of esters is 1. The van der Waals surface area contributed by atoms with Gasteiger partial charge >= 0.3 is 5.97 Å². The van der Waals surface area contributed by atoms with E-state index in [1.165, 1.54) is 44.9 Å². The number of carbonyl (C=O) groups excluding carboxylic acids is 1. The lowest BCUT2D eigenvalue weighted by Crippen LogP contribution is -2.52. The minimum Gasteiger partial charge on any atom is -0.463 e. The Morgan fingerprint density at radius 3 is 2.41 bits per heavy atom. The van der Waals surface area contributed by atoms with Crippen molar-refractivity contribution in [3.05, 3.63) is 0 Å². The molecular formula is C19H33NO2. The second kappa shape index (κ2) is 6.51. The first-order valence-corrected chi connectivity index (χ1v) is 9.39. The zero-order chi connectivity index (χ0) is 15.9. The van der Waals surface area contributed by atoms with E-state index in [-0.39, 0.29) is 18.0 Å². The number of hydrogen-bond donors (Lipinski definition) is 0. The number of nitrogens with zero attached hydrogens (tertiary/aromatic N) is 1. The van der Waals surface area contributed by atoms with Gasteiger partial charge in [0.2, 0.25) is 0 Å². The van der Waals surface area contributed by atoms with E-state index in [1.54, 1.807) is 0 Å². The summed E-state index contributed by atoms with van der Waals surface area (Å²) in [5.41, 5.74) is 0. The van der Waals surface area contributed by atoms with Crippen LogP contribution in [-0.2, 0) is 9.53 Å². The summed E-state index contributed by atoms with van der Waals surface area (Å²) in [5.74, 6) is 2.38. The molecule has 126 valence electrons. The standard InChI is InChI=1S/C19H33NO2/c1-12(2)22-19(21)18-16(14-7-5-13(3)6-8-14)11-15-9-10-17(18)20(15)4/h12-18H,5-11H2,1-4H3/t13?,14?,15-,16-,17?,18?/m1/s1. The molecule has 1 saturated carbocycles. The quantitative estimate of drug-likeness (QED) is 0.741. The van der Waals surface area contributed by atoms with Gasteiger partial charge in [-0.05, 0) is 70.8 Å². The van der Waals surface area contributed by atoms with Gasteiger partial charge in [0.25, 0.3) is 0 Å². The number of rotatable bonds is 3. The van der Waals surface area contributed by atoms with Crippen molar-refractivity contribution in [1.29, 1.82) is 0 Å². The normalized spacial score (nSPS) is 42.6. The largest absolute Gasteiger partial charge is 0.463 e. The van der Waals surface area contributed by atoms with Crippen molar-refractivity contribution in [2.45, 2.75) is 83.9 Å². The Morgan fingerprint density at radius 2 is 1.77 bits per heavy atom. The molecule has 0 amide bonds. The van der Waals surface area contributed by atoms with E-state index in [2.05, 4.69) is 18.9 Å². The second-order valence-corrected chi connectivity index (χ2v) is 8.39. The molecule has 3 aliphatic rings. The van der Waals surface area contributed by atoms with E-state index in [1.807, 2.05) is 13.8 Å². The molecule has 3 fully saturated rings. The van der Waals surface area contributed by atoms with Crippen LogP contribution in [0, 0.1) is 23.7 Å². The van der Waals surface area contributed by atoms with Gasteiger partial charge < -0.3 is 4.74 Å². The molecular weight excluding hydrogens is 274 g/mol. The second-order valence-electron chi connectivity index (χ2n) is 8.39. The number of piperidine rings is 1. The summed E-state index contributed by atoms with van der Waals surface area (Å²) in [7, 11) is 2.22. The third kappa shape index (κ3) is 3.06. The first-order valence-electron chi connectivity index (χ1n) is 9.39. The van der Waals surface area contributed by atoms with Gasteiger partial charge in [-0.15, -0.1) is 0 Å². The summed E-state index contributed by atoms with van der Waals surface area (Å²) >= 11 is 0. The highest BCUT2D eigenvalue weighted by Gasteiger charge is 2.51. The van der Waals surface area contributed by atoms with Crippen LogP contribution in [0.3, 0.4) is 0 Å². The number of ether oxygens (including phenoxy) is 1. The minimum atomic E-state index is 0.00367. The molecule has 0 N–H and O–H groups in total. The molecule has 3 rings (SSSR count). The zero-order valence-electron chi connectivity index (χ0n) is 14.8. The van der Waals surface area contributed by atoms with Crippen molar-refractivity contribution in [2.24, 2.45) is 23.7 Å². The zero-order valence-corrected chi connectivity index (χ0v) is 14.8. The Bertz CT molecular complexity index is 400. The molecule has 2 aliphatic heterocycles. The summed E-state index contributed by atoms with van der Waals surface area (Å²) in [6, 6.07) is 1.13. The molecule has 4 atom stereocenters. The van der Waals surface area contributed by atoms with Crippen molar-refractivity contribution >= 4 is 5.97 Å². The van der Waals surface area contributed by atoms with E-state index in [0.29, 0.717) is 18.0 Å². The number of carbonyl (C=O) groups is 1. The Morgan fingerprint density at radius 1 is 1.09 bits per heavy atom. The molecule has 1 aliphatic carbocycles. The van der Waals surface area contributed by atoms with Crippen LogP contribution in [0.5, 0.6) is 0 Å². The molecule has 2 unspecified atom stereocenters. The number of hydrogen-bond acceptors (Lipinski definition) is 3. The predicted octanol–water partition coefficient (Wildman–Crippen LogP) is 3.86. The lowest BCUT2D eigenvalue weighted by Gasteiger charge is -2.46. The SMILES string of the molecule is CC1CCC([C@H]2C[C@H]3CCC(C2C(=O)OC(C)C)N3C)CC1. The van der Waals surface area contributed by atoms with E-state index >= 15 is 0 Å². The van der Waals surface area contributed by atoms with Gasteiger partial charge in [0, 0.05) is 12.1 Å². The van der Waals surface area contributed by atoms with Crippen LogP contribution >= 0.6 is 0 Å². The van der Waals surface area contributed by atoms with Crippen LogP contribution in [0.1, 0.15) is 65.7 Å². The van der Waals surface area contributed by atoms with Crippen molar-refractivity contribution in [1.82, 2.24) is 4.90 Å². The maximum atomic E-state index is 12.8. The molecule has 3 nitrogen and oxygen atoms in total. The maximum Gasteiger partial charge on any atom is 0.311 e. The third-order valence-corrected chi connectivity index (χ3v) is 6.60. The fourth-order valence-corrected chi connectivity index (χ4v) is 5.35. The molecule has 2 bridgehead atoms. The molecule has 0 aromatic rings. The third-order valence-electron chi connectivity index (χ3n) is 6.60. The van der Waals surface area contributed by atoms with Crippen LogP contribution < -0.4 is 0 Å².